The summed E-state index contributed by atoms with van der Waals surface area (Å²) in [4.78, 5) is 18.0. The van der Waals surface area contributed by atoms with Crippen LogP contribution in [-0.2, 0) is 9.53 Å². The summed E-state index contributed by atoms with van der Waals surface area (Å²) in [6.45, 7) is 3.50. The first kappa shape index (κ1) is 18.7. The van der Waals surface area contributed by atoms with Gasteiger partial charge in [-0.1, -0.05) is 23.4 Å². The van der Waals surface area contributed by atoms with Gasteiger partial charge in [-0.15, -0.1) is 11.3 Å². The molecular formula is C17H20ClN3O2S2. The summed E-state index contributed by atoms with van der Waals surface area (Å²) >= 11 is 9.50. The van der Waals surface area contributed by atoms with E-state index in [0.717, 1.165) is 28.0 Å². The lowest BCUT2D eigenvalue weighted by atomic mass is 9.91. The predicted molar refractivity (Wildman–Crippen MR) is 103 cm³/mol. The van der Waals surface area contributed by atoms with Gasteiger partial charge in [-0.05, 0) is 51.1 Å². The van der Waals surface area contributed by atoms with Crippen LogP contribution in [0, 0.1) is 6.92 Å². The van der Waals surface area contributed by atoms with Crippen LogP contribution in [-0.4, -0.2) is 36.7 Å². The number of piperidine rings is 1. The molecule has 2 aromatic rings. The van der Waals surface area contributed by atoms with Crippen molar-refractivity contribution in [2.45, 2.75) is 34.6 Å². The van der Waals surface area contributed by atoms with E-state index >= 15 is 0 Å². The van der Waals surface area contributed by atoms with E-state index in [1.54, 1.807) is 24.5 Å². The van der Waals surface area contributed by atoms with Gasteiger partial charge >= 0.3 is 0 Å². The van der Waals surface area contributed by atoms with Gasteiger partial charge in [0.1, 0.15) is 5.60 Å². The topological polar surface area (TPSA) is 63.2 Å². The number of aromatic nitrogens is 1. The Hall–Kier alpha value is -1.12. The number of methoxy groups -OCH3 is 1. The Morgan fingerprint density at radius 1 is 1.44 bits per heavy atom. The van der Waals surface area contributed by atoms with Gasteiger partial charge in [-0.3, -0.25) is 4.79 Å². The highest BCUT2D eigenvalue weighted by Crippen LogP contribution is 2.36. The number of thiazole rings is 1. The molecule has 0 bridgehead atoms. The SMILES string of the molecule is COC1(C(=O)Nc2ccc(Sc3nc(C)cs3)c(Cl)c2)CCNCC1. The maximum Gasteiger partial charge on any atom is 0.256 e. The second-order valence-corrected chi connectivity index (χ2v) is 8.46. The van der Waals surface area contributed by atoms with Crippen LogP contribution in [0.3, 0.4) is 0 Å². The van der Waals surface area contributed by atoms with Crippen LogP contribution < -0.4 is 10.6 Å². The lowest BCUT2D eigenvalue weighted by Crippen LogP contribution is -2.51. The number of hydrogen-bond acceptors (Lipinski definition) is 6. The molecule has 2 N–H and O–H groups in total. The maximum absolute atomic E-state index is 12.7. The first-order valence-corrected chi connectivity index (χ1v) is 10.1. The van der Waals surface area contributed by atoms with Crippen LogP contribution in [0.1, 0.15) is 18.5 Å². The van der Waals surface area contributed by atoms with E-state index in [-0.39, 0.29) is 5.91 Å². The molecule has 8 heteroatoms. The van der Waals surface area contributed by atoms with Crippen molar-refractivity contribution in [3.8, 4) is 0 Å². The zero-order valence-electron chi connectivity index (χ0n) is 14.1. The molecule has 25 heavy (non-hydrogen) atoms. The Morgan fingerprint density at radius 2 is 2.20 bits per heavy atom. The summed E-state index contributed by atoms with van der Waals surface area (Å²) in [5, 5.41) is 8.78. The van der Waals surface area contributed by atoms with Gasteiger partial charge < -0.3 is 15.4 Å². The molecule has 1 aromatic carbocycles. The van der Waals surface area contributed by atoms with E-state index in [2.05, 4.69) is 15.6 Å². The fourth-order valence-corrected chi connectivity index (χ4v) is 4.83. The molecule has 3 rings (SSSR count). The standard InChI is InChI=1S/C17H20ClN3O2S2/c1-11-10-24-16(20-11)25-14-4-3-12(9-13(14)18)21-15(22)17(23-2)5-7-19-8-6-17/h3-4,9-10,19H,5-8H2,1-2H3,(H,21,22). The van der Waals surface area contributed by atoms with Crippen LogP contribution >= 0.6 is 34.7 Å². The second-order valence-electron chi connectivity index (χ2n) is 5.90. The molecular weight excluding hydrogens is 378 g/mol. The third kappa shape index (κ3) is 4.35. The zero-order chi connectivity index (χ0) is 17.9. The van der Waals surface area contributed by atoms with Gasteiger partial charge in [0.05, 0.1) is 5.02 Å². The summed E-state index contributed by atoms with van der Waals surface area (Å²) in [5.41, 5.74) is 0.896. The van der Waals surface area contributed by atoms with Crippen molar-refractivity contribution < 1.29 is 9.53 Å². The first-order valence-electron chi connectivity index (χ1n) is 7.99. The van der Waals surface area contributed by atoms with Crippen molar-refractivity contribution in [1.82, 2.24) is 10.3 Å². The fourth-order valence-electron chi connectivity index (χ4n) is 2.73. The molecule has 2 heterocycles. The van der Waals surface area contributed by atoms with Gasteiger partial charge in [-0.2, -0.15) is 0 Å². The minimum Gasteiger partial charge on any atom is -0.368 e. The quantitative estimate of drug-likeness (QED) is 0.799. The molecule has 1 amide bonds. The van der Waals surface area contributed by atoms with E-state index < -0.39 is 5.60 Å². The Kier molecular flexibility index (Phi) is 6.01. The van der Waals surface area contributed by atoms with Gasteiger partial charge in [0.2, 0.25) is 0 Å². The van der Waals surface area contributed by atoms with Crippen LogP contribution in [0.4, 0.5) is 5.69 Å². The summed E-state index contributed by atoms with van der Waals surface area (Å²) in [7, 11) is 1.59. The Labute approximate surface area is 160 Å². The molecule has 1 saturated heterocycles. The van der Waals surface area contributed by atoms with Gasteiger partial charge in [-0.25, -0.2) is 4.98 Å². The molecule has 0 spiro atoms. The average molecular weight is 398 g/mol. The van der Waals surface area contributed by atoms with Crippen molar-refractivity contribution in [3.63, 3.8) is 0 Å². The summed E-state index contributed by atoms with van der Waals surface area (Å²) < 4.78 is 6.50. The van der Waals surface area contributed by atoms with Crippen molar-refractivity contribution in [3.05, 3.63) is 34.3 Å². The van der Waals surface area contributed by atoms with E-state index in [4.69, 9.17) is 16.3 Å². The normalized spacial score (nSPS) is 16.6. The molecule has 5 nitrogen and oxygen atoms in total. The number of hydrogen-bond donors (Lipinski definition) is 2. The Morgan fingerprint density at radius 3 is 2.80 bits per heavy atom. The van der Waals surface area contributed by atoms with Crippen LogP contribution in [0.25, 0.3) is 0 Å². The molecule has 1 aliphatic heterocycles. The van der Waals surface area contributed by atoms with Crippen LogP contribution in [0.5, 0.6) is 0 Å². The fraction of sp³-hybridized carbons (Fsp3) is 0.412. The minimum atomic E-state index is -0.774. The summed E-state index contributed by atoms with van der Waals surface area (Å²) in [5.74, 6) is -0.122. The second kappa shape index (κ2) is 8.05. The Balaban J connectivity index is 1.71. The third-order valence-electron chi connectivity index (χ3n) is 4.20. The number of benzene rings is 1. The van der Waals surface area contributed by atoms with Crippen molar-refractivity contribution in [2.75, 3.05) is 25.5 Å². The molecule has 1 fully saturated rings. The molecule has 0 aliphatic carbocycles. The monoisotopic (exact) mass is 397 g/mol. The van der Waals surface area contributed by atoms with E-state index in [1.807, 2.05) is 24.4 Å². The summed E-state index contributed by atoms with van der Waals surface area (Å²) in [6.07, 6.45) is 1.31. The van der Waals surface area contributed by atoms with Crippen molar-refractivity contribution in [2.24, 2.45) is 0 Å². The van der Waals surface area contributed by atoms with Crippen molar-refractivity contribution >= 4 is 46.3 Å². The first-order chi connectivity index (χ1) is 12.0. The molecule has 0 radical (unpaired) electrons. The number of aryl methyl sites for hydroxylation is 1. The number of anilines is 1. The molecule has 134 valence electrons. The smallest absolute Gasteiger partial charge is 0.256 e. The predicted octanol–water partition coefficient (Wildman–Crippen LogP) is 3.96. The number of amides is 1. The minimum absolute atomic E-state index is 0.122. The Bertz CT molecular complexity index is 760. The van der Waals surface area contributed by atoms with Gasteiger partial charge in [0.25, 0.3) is 5.91 Å². The molecule has 0 saturated carbocycles. The number of halogens is 1. The third-order valence-corrected chi connectivity index (χ3v) is 6.76. The van der Waals surface area contributed by atoms with Crippen LogP contribution in [0.2, 0.25) is 5.02 Å². The zero-order valence-corrected chi connectivity index (χ0v) is 16.5. The maximum atomic E-state index is 12.7. The van der Waals surface area contributed by atoms with E-state index in [0.29, 0.717) is 23.6 Å². The van der Waals surface area contributed by atoms with Gasteiger partial charge in [0, 0.05) is 28.8 Å². The molecule has 0 atom stereocenters. The summed E-state index contributed by atoms with van der Waals surface area (Å²) in [6, 6.07) is 5.53. The van der Waals surface area contributed by atoms with Crippen LogP contribution in [0.15, 0.2) is 32.8 Å². The highest BCUT2D eigenvalue weighted by atomic mass is 35.5. The highest BCUT2D eigenvalue weighted by molar-refractivity contribution is 8.01. The highest BCUT2D eigenvalue weighted by Gasteiger charge is 2.39. The molecule has 1 aromatic heterocycles. The number of carbonyl (C=O) groups is 1. The van der Waals surface area contributed by atoms with Crippen molar-refractivity contribution in [1.29, 1.82) is 0 Å². The van der Waals surface area contributed by atoms with E-state index in [1.165, 1.54) is 11.8 Å². The largest absolute Gasteiger partial charge is 0.368 e. The lowest BCUT2D eigenvalue weighted by molar-refractivity contribution is -0.140. The molecule has 1 aliphatic rings. The lowest BCUT2D eigenvalue weighted by Gasteiger charge is -2.34. The van der Waals surface area contributed by atoms with E-state index in [9.17, 15) is 4.79 Å². The number of ether oxygens (including phenoxy) is 1. The molecule has 0 unspecified atom stereocenters. The number of nitrogens with one attached hydrogen (secondary N) is 2. The number of carbonyl (C=O) groups excluding carboxylic acids is 1. The number of nitrogens with zero attached hydrogens (tertiary/aromatic N) is 1. The number of rotatable bonds is 5. The average Bonchev–Trinajstić information content (AvgIpc) is 3.03. The van der Waals surface area contributed by atoms with Gasteiger partial charge in [0.15, 0.2) is 4.34 Å².